The summed E-state index contributed by atoms with van der Waals surface area (Å²) < 4.78 is 46.7. The molecule has 4 rings (SSSR count). The molecule has 0 aliphatic carbocycles. The van der Waals surface area contributed by atoms with E-state index < -0.39 is 22.2 Å². The standard InChI is InChI=1S/C21H23FN2O4S/c1-28-18-7-4-8-19(12-18)29(26,27)24-14-17(22)11-20(24)21(25)23-10-9-15-5-2-3-6-16(15)13-23/h2-8,12,17,20H,9-11,13-14H2,1H3. The van der Waals surface area contributed by atoms with E-state index in [1.165, 1.54) is 24.8 Å². The third-order valence-corrected chi connectivity index (χ3v) is 7.45. The first-order valence-corrected chi connectivity index (χ1v) is 11.0. The van der Waals surface area contributed by atoms with Gasteiger partial charge in [-0.1, -0.05) is 30.3 Å². The van der Waals surface area contributed by atoms with Gasteiger partial charge in [-0.05, 0) is 29.7 Å². The fourth-order valence-electron chi connectivity index (χ4n) is 4.04. The molecule has 2 heterocycles. The molecule has 0 saturated carbocycles. The molecule has 0 aromatic heterocycles. The molecule has 1 amide bonds. The minimum Gasteiger partial charge on any atom is -0.497 e. The Balaban J connectivity index is 1.60. The molecule has 2 aliphatic heterocycles. The lowest BCUT2D eigenvalue weighted by atomic mass is 9.99. The van der Waals surface area contributed by atoms with Gasteiger partial charge in [0.1, 0.15) is 18.0 Å². The van der Waals surface area contributed by atoms with Crippen molar-refractivity contribution in [3.63, 3.8) is 0 Å². The van der Waals surface area contributed by atoms with E-state index in [1.54, 1.807) is 17.0 Å². The van der Waals surface area contributed by atoms with Gasteiger partial charge in [-0.15, -0.1) is 0 Å². The topological polar surface area (TPSA) is 66.9 Å². The van der Waals surface area contributed by atoms with Crippen molar-refractivity contribution < 1.29 is 22.3 Å². The smallest absolute Gasteiger partial charge is 0.244 e. The molecular weight excluding hydrogens is 395 g/mol. The van der Waals surface area contributed by atoms with Crippen LogP contribution in [0.5, 0.6) is 5.75 Å². The van der Waals surface area contributed by atoms with Crippen molar-refractivity contribution in [3.8, 4) is 5.75 Å². The molecule has 0 spiro atoms. The van der Waals surface area contributed by atoms with Crippen LogP contribution >= 0.6 is 0 Å². The summed E-state index contributed by atoms with van der Waals surface area (Å²) in [5, 5.41) is 0. The summed E-state index contributed by atoms with van der Waals surface area (Å²) in [5.74, 6) is 0.0451. The summed E-state index contributed by atoms with van der Waals surface area (Å²) in [4.78, 5) is 14.8. The van der Waals surface area contributed by atoms with E-state index in [0.29, 0.717) is 25.3 Å². The van der Waals surface area contributed by atoms with Gasteiger partial charge in [-0.25, -0.2) is 12.8 Å². The average molecular weight is 418 g/mol. The lowest BCUT2D eigenvalue weighted by Gasteiger charge is -2.33. The lowest BCUT2D eigenvalue weighted by Crippen LogP contribution is -2.49. The molecule has 1 saturated heterocycles. The van der Waals surface area contributed by atoms with Crippen LogP contribution in [-0.4, -0.2) is 55.9 Å². The second kappa shape index (κ2) is 7.76. The van der Waals surface area contributed by atoms with Crippen LogP contribution in [-0.2, 0) is 27.8 Å². The number of carbonyl (C=O) groups is 1. The van der Waals surface area contributed by atoms with Crippen LogP contribution in [0.1, 0.15) is 17.5 Å². The summed E-state index contributed by atoms with van der Waals surface area (Å²) in [6, 6.07) is 12.9. The molecule has 2 unspecified atom stereocenters. The molecule has 2 aromatic carbocycles. The normalized spacial score (nSPS) is 22.3. The van der Waals surface area contributed by atoms with Gasteiger partial charge >= 0.3 is 0 Å². The Kier molecular flexibility index (Phi) is 5.31. The molecule has 2 aromatic rings. The van der Waals surface area contributed by atoms with Crippen LogP contribution in [0.2, 0.25) is 0 Å². The zero-order valence-corrected chi connectivity index (χ0v) is 16.9. The van der Waals surface area contributed by atoms with Crippen molar-refractivity contribution in [1.29, 1.82) is 0 Å². The Morgan fingerprint density at radius 1 is 1.14 bits per heavy atom. The highest BCUT2D eigenvalue weighted by Crippen LogP contribution is 2.31. The summed E-state index contributed by atoms with van der Waals surface area (Å²) in [5.41, 5.74) is 2.23. The number of hydrogen-bond donors (Lipinski definition) is 0. The van der Waals surface area contributed by atoms with Gasteiger partial charge < -0.3 is 9.64 Å². The molecule has 2 atom stereocenters. The number of hydrogen-bond acceptors (Lipinski definition) is 4. The second-order valence-corrected chi connectivity index (χ2v) is 9.27. The van der Waals surface area contributed by atoms with Crippen LogP contribution in [0.4, 0.5) is 4.39 Å². The Labute approximate surface area is 169 Å². The maximum absolute atomic E-state index is 14.3. The number of sulfonamides is 1. The summed E-state index contributed by atoms with van der Waals surface area (Å²) in [6.07, 6.45) is -0.794. The number of benzene rings is 2. The maximum Gasteiger partial charge on any atom is 0.244 e. The Morgan fingerprint density at radius 3 is 2.66 bits per heavy atom. The molecule has 29 heavy (non-hydrogen) atoms. The van der Waals surface area contributed by atoms with Crippen molar-refractivity contribution in [3.05, 3.63) is 59.7 Å². The van der Waals surface area contributed by atoms with E-state index in [2.05, 4.69) is 0 Å². The number of alkyl halides is 1. The number of rotatable bonds is 4. The van der Waals surface area contributed by atoms with E-state index in [0.717, 1.165) is 9.87 Å². The molecule has 1 fully saturated rings. The monoisotopic (exact) mass is 418 g/mol. The summed E-state index contributed by atoms with van der Waals surface area (Å²) in [7, 11) is -2.59. The van der Waals surface area contributed by atoms with Crippen LogP contribution in [0.3, 0.4) is 0 Å². The number of methoxy groups -OCH3 is 1. The van der Waals surface area contributed by atoms with Crippen LogP contribution in [0.25, 0.3) is 0 Å². The fourth-order valence-corrected chi connectivity index (χ4v) is 5.69. The predicted molar refractivity (Wildman–Crippen MR) is 106 cm³/mol. The Morgan fingerprint density at radius 2 is 1.90 bits per heavy atom. The number of ether oxygens (including phenoxy) is 1. The van der Waals surface area contributed by atoms with Gasteiger partial charge in [-0.3, -0.25) is 4.79 Å². The summed E-state index contributed by atoms with van der Waals surface area (Å²) in [6.45, 7) is 0.590. The van der Waals surface area contributed by atoms with Gasteiger partial charge in [0.25, 0.3) is 0 Å². The highest BCUT2D eigenvalue weighted by molar-refractivity contribution is 7.89. The molecule has 6 nitrogen and oxygen atoms in total. The largest absolute Gasteiger partial charge is 0.497 e. The highest BCUT2D eigenvalue weighted by atomic mass is 32.2. The SMILES string of the molecule is COc1cccc(S(=O)(=O)N2CC(F)CC2C(=O)N2CCc3ccccc3C2)c1. The van der Waals surface area contributed by atoms with E-state index in [-0.39, 0.29) is 23.8 Å². The van der Waals surface area contributed by atoms with Crippen LogP contribution in [0.15, 0.2) is 53.4 Å². The zero-order valence-electron chi connectivity index (χ0n) is 16.1. The minimum atomic E-state index is -4.03. The van der Waals surface area contributed by atoms with Crippen LogP contribution < -0.4 is 4.74 Å². The molecule has 0 bridgehead atoms. The molecule has 154 valence electrons. The van der Waals surface area contributed by atoms with Gasteiger partial charge in [-0.2, -0.15) is 4.31 Å². The van der Waals surface area contributed by atoms with Gasteiger partial charge in [0, 0.05) is 32.1 Å². The van der Waals surface area contributed by atoms with Gasteiger partial charge in [0.15, 0.2) is 0 Å². The summed E-state index contributed by atoms with van der Waals surface area (Å²) >= 11 is 0. The number of nitrogens with zero attached hydrogens (tertiary/aromatic N) is 2. The molecule has 0 radical (unpaired) electrons. The number of carbonyl (C=O) groups excluding carboxylic acids is 1. The number of fused-ring (bicyclic) bond motifs is 1. The van der Waals surface area contributed by atoms with Gasteiger partial charge in [0.05, 0.1) is 12.0 Å². The number of halogens is 1. The third-order valence-electron chi connectivity index (χ3n) is 5.58. The Hall–Kier alpha value is -2.45. The fraction of sp³-hybridized carbons (Fsp3) is 0.381. The van der Waals surface area contributed by atoms with Crippen molar-refractivity contribution in [2.24, 2.45) is 0 Å². The van der Waals surface area contributed by atoms with E-state index in [9.17, 15) is 17.6 Å². The minimum absolute atomic E-state index is 0.00672. The number of amides is 1. The predicted octanol–water partition coefficient (Wildman–Crippen LogP) is 2.38. The van der Waals surface area contributed by atoms with E-state index >= 15 is 0 Å². The van der Waals surface area contributed by atoms with Crippen molar-refractivity contribution in [2.45, 2.75) is 36.5 Å². The lowest BCUT2D eigenvalue weighted by molar-refractivity contribution is -0.135. The van der Waals surface area contributed by atoms with Crippen molar-refractivity contribution >= 4 is 15.9 Å². The molecule has 2 aliphatic rings. The zero-order chi connectivity index (χ0) is 20.6. The quantitative estimate of drug-likeness (QED) is 0.765. The first-order valence-electron chi connectivity index (χ1n) is 9.55. The maximum atomic E-state index is 14.3. The van der Waals surface area contributed by atoms with Crippen LogP contribution in [0, 0.1) is 0 Å². The molecule has 0 N–H and O–H groups in total. The second-order valence-electron chi connectivity index (χ2n) is 7.38. The van der Waals surface area contributed by atoms with Crippen molar-refractivity contribution in [2.75, 3.05) is 20.2 Å². The van der Waals surface area contributed by atoms with E-state index in [4.69, 9.17) is 4.74 Å². The van der Waals surface area contributed by atoms with E-state index in [1.807, 2.05) is 24.3 Å². The third kappa shape index (κ3) is 3.74. The Bertz CT molecular complexity index is 1030. The van der Waals surface area contributed by atoms with Crippen molar-refractivity contribution in [1.82, 2.24) is 9.21 Å². The first kappa shape index (κ1) is 19.8. The highest BCUT2D eigenvalue weighted by Gasteiger charge is 2.45. The van der Waals surface area contributed by atoms with Gasteiger partial charge in [0.2, 0.25) is 15.9 Å². The first-order chi connectivity index (χ1) is 13.9. The molecular formula is C21H23FN2O4S. The molecule has 8 heteroatoms. The average Bonchev–Trinajstić information content (AvgIpc) is 3.15.